The van der Waals surface area contributed by atoms with Crippen LogP contribution in [0.3, 0.4) is 0 Å². The molecule has 100 valence electrons. The summed E-state index contributed by atoms with van der Waals surface area (Å²) in [5, 5.41) is 0.616. The molecule has 0 aliphatic heterocycles. The van der Waals surface area contributed by atoms with Crippen molar-refractivity contribution < 1.29 is 9.59 Å². The zero-order chi connectivity index (χ0) is 14.6. The van der Waals surface area contributed by atoms with Gasteiger partial charge >= 0.3 is 0 Å². The number of carbonyl (C=O) groups excluding carboxylic acids is 2. The third kappa shape index (κ3) is 1.47. The van der Waals surface area contributed by atoms with Gasteiger partial charge in [-0.1, -0.05) is 42.5 Å². The molecule has 21 heavy (non-hydrogen) atoms. The lowest BCUT2D eigenvalue weighted by Crippen LogP contribution is -2.17. The lowest BCUT2D eigenvalue weighted by molar-refractivity contribution is 0.0984. The second kappa shape index (κ2) is 3.99. The van der Waals surface area contributed by atoms with Gasteiger partial charge in [-0.3, -0.25) is 9.59 Å². The van der Waals surface area contributed by atoms with Gasteiger partial charge in [0.05, 0.1) is 22.3 Å². The van der Waals surface area contributed by atoms with Gasteiger partial charge in [0.15, 0.2) is 5.78 Å². The summed E-state index contributed by atoms with van der Waals surface area (Å²) < 4.78 is 0. The normalized spacial score (nSPS) is 12.3. The van der Waals surface area contributed by atoms with Crippen molar-refractivity contribution in [1.29, 1.82) is 0 Å². The van der Waals surface area contributed by atoms with E-state index in [1.807, 2.05) is 24.3 Å². The first-order chi connectivity index (χ1) is 10.2. The molecule has 0 atom stereocenters. The molecule has 1 heterocycles. The molecule has 0 bridgehead atoms. The fraction of sp³-hybridized carbons (Fsp3) is 0. The summed E-state index contributed by atoms with van der Waals surface area (Å²) >= 11 is 0. The summed E-state index contributed by atoms with van der Waals surface area (Å²) in [7, 11) is 0. The average Bonchev–Trinajstić information content (AvgIpc) is 2.78. The van der Waals surface area contributed by atoms with Crippen LogP contribution >= 0.6 is 0 Å². The number of primary amides is 1. The van der Waals surface area contributed by atoms with E-state index in [0.29, 0.717) is 27.7 Å². The zero-order valence-electron chi connectivity index (χ0n) is 11.0. The van der Waals surface area contributed by atoms with Crippen LogP contribution in [0.2, 0.25) is 0 Å². The molecule has 0 saturated heterocycles. The van der Waals surface area contributed by atoms with Crippen molar-refractivity contribution in [3.8, 4) is 11.3 Å². The molecule has 1 amide bonds. The molecule has 2 aromatic carbocycles. The van der Waals surface area contributed by atoms with E-state index in [0.717, 1.165) is 5.56 Å². The maximum atomic E-state index is 12.6. The molecule has 4 nitrogen and oxygen atoms in total. The van der Waals surface area contributed by atoms with Crippen molar-refractivity contribution in [3.63, 3.8) is 0 Å². The highest BCUT2D eigenvalue weighted by Gasteiger charge is 2.33. The van der Waals surface area contributed by atoms with Gasteiger partial charge in [-0.2, -0.15) is 0 Å². The van der Waals surface area contributed by atoms with Crippen LogP contribution in [0.1, 0.15) is 26.3 Å². The standard InChI is InChI=1S/C17H10N2O2/c18-17(21)13-11-7-3-4-8-12(11)19-15-9-5-1-2-6-10(9)16(20)14(13)15/h1-8H,(H2,18,21). The zero-order valence-corrected chi connectivity index (χ0v) is 11.0. The lowest BCUT2D eigenvalue weighted by Gasteiger charge is -2.08. The maximum absolute atomic E-state index is 12.6. The van der Waals surface area contributed by atoms with Gasteiger partial charge in [-0.25, -0.2) is 4.98 Å². The van der Waals surface area contributed by atoms with E-state index in [2.05, 4.69) is 4.98 Å². The number of hydrogen-bond acceptors (Lipinski definition) is 3. The fourth-order valence-electron chi connectivity index (χ4n) is 2.91. The summed E-state index contributed by atoms with van der Waals surface area (Å²) in [6, 6.07) is 14.5. The van der Waals surface area contributed by atoms with Gasteiger partial charge < -0.3 is 5.73 Å². The van der Waals surface area contributed by atoms with Crippen molar-refractivity contribution in [2.45, 2.75) is 0 Å². The van der Waals surface area contributed by atoms with Gasteiger partial charge in [-0.05, 0) is 6.07 Å². The van der Waals surface area contributed by atoms with Crippen molar-refractivity contribution in [2.75, 3.05) is 0 Å². The number of rotatable bonds is 1. The van der Waals surface area contributed by atoms with Crippen molar-refractivity contribution in [1.82, 2.24) is 4.98 Å². The molecule has 1 aromatic heterocycles. The Morgan fingerprint density at radius 3 is 2.38 bits per heavy atom. The Hall–Kier alpha value is -3.01. The summed E-state index contributed by atoms with van der Waals surface area (Å²) in [5.41, 5.74) is 8.64. The molecule has 4 heteroatoms. The number of hydrogen-bond donors (Lipinski definition) is 1. The molecule has 1 aliphatic carbocycles. The van der Waals surface area contributed by atoms with E-state index in [4.69, 9.17) is 5.73 Å². The van der Waals surface area contributed by atoms with Gasteiger partial charge in [0, 0.05) is 16.5 Å². The highest BCUT2D eigenvalue weighted by atomic mass is 16.1. The largest absolute Gasteiger partial charge is 0.366 e. The predicted octanol–water partition coefficient (Wildman–Crippen LogP) is 2.55. The topological polar surface area (TPSA) is 73.1 Å². The number of aromatic nitrogens is 1. The quantitative estimate of drug-likeness (QED) is 0.579. The van der Waals surface area contributed by atoms with E-state index >= 15 is 0 Å². The van der Waals surface area contributed by atoms with Crippen LogP contribution in [0.15, 0.2) is 48.5 Å². The Balaban J connectivity index is 2.22. The number of pyridine rings is 1. The van der Waals surface area contributed by atoms with Gasteiger partial charge in [-0.15, -0.1) is 0 Å². The van der Waals surface area contributed by atoms with Crippen LogP contribution in [0.5, 0.6) is 0 Å². The smallest absolute Gasteiger partial charge is 0.250 e. The van der Waals surface area contributed by atoms with Gasteiger partial charge in [0.2, 0.25) is 5.91 Å². The van der Waals surface area contributed by atoms with Crippen molar-refractivity contribution in [2.24, 2.45) is 5.73 Å². The van der Waals surface area contributed by atoms with Crippen molar-refractivity contribution in [3.05, 3.63) is 65.2 Å². The number of benzene rings is 2. The van der Waals surface area contributed by atoms with E-state index < -0.39 is 5.91 Å². The molecular weight excluding hydrogens is 264 g/mol. The Morgan fingerprint density at radius 1 is 0.952 bits per heavy atom. The van der Waals surface area contributed by atoms with E-state index in [1.165, 1.54) is 0 Å². The summed E-state index contributed by atoms with van der Waals surface area (Å²) in [6.45, 7) is 0. The molecular formula is C17H10N2O2. The Bertz CT molecular complexity index is 945. The highest BCUT2D eigenvalue weighted by molar-refractivity contribution is 6.27. The third-order valence-electron chi connectivity index (χ3n) is 3.79. The average molecular weight is 274 g/mol. The molecule has 0 saturated carbocycles. The molecule has 4 rings (SSSR count). The fourth-order valence-corrected chi connectivity index (χ4v) is 2.91. The maximum Gasteiger partial charge on any atom is 0.250 e. The summed E-state index contributed by atoms with van der Waals surface area (Å²) in [6.07, 6.45) is 0. The number of para-hydroxylation sites is 1. The monoisotopic (exact) mass is 274 g/mol. The van der Waals surface area contributed by atoms with Crippen LogP contribution in [0, 0.1) is 0 Å². The molecule has 2 N–H and O–H groups in total. The number of nitrogens with zero attached hydrogens (tertiary/aromatic N) is 1. The number of amides is 1. The van der Waals surface area contributed by atoms with E-state index in [1.54, 1.807) is 24.3 Å². The molecule has 0 fully saturated rings. The summed E-state index contributed by atoms with van der Waals surface area (Å²) in [4.78, 5) is 29.1. The molecule has 0 radical (unpaired) electrons. The second-order valence-electron chi connectivity index (χ2n) is 4.97. The summed E-state index contributed by atoms with van der Waals surface area (Å²) in [5.74, 6) is -0.793. The lowest BCUT2D eigenvalue weighted by atomic mass is 9.99. The minimum absolute atomic E-state index is 0.187. The van der Waals surface area contributed by atoms with E-state index in [9.17, 15) is 9.59 Å². The number of ketones is 1. The molecule has 0 spiro atoms. The van der Waals surface area contributed by atoms with Gasteiger partial charge in [0.1, 0.15) is 0 Å². The SMILES string of the molecule is NC(=O)c1c2c(nc3ccccc13)-c1ccccc1C2=O. The highest BCUT2D eigenvalue weighted by Crippen LogP contribution is 2.39. The van der Waals surface area contributed by atoms with Crippen LogP contribution in [-0.2, 0) is 0 Å². The first-order valence-corrected chi connectivity index (χ1v) is 6.55. The number of fused-ring (bicyclic) bond motifs is 4. The number of carbonyl (C=O) groups is 2. The predicted molar refractivity (Wildman–Crippen MR) is 79.1 cm³/mol. The third-order valence-corrected chi connectivity index (χ3v) is 3.79. The molecule has 1 aliphatic rings. The minimum Gasteiger partial charge on any atom is -0.366 e. The Kier molecular flexibility index (Phi) is 2.24. The van der Waals surface area contributed by atoms with Crippen LogP contribution in [0.4, 0.5) is 0 Å². The molecule has 3 aromatic rings. The van der Waals surface area contributed by atoms with Crippen LogP contribution in [0.25, 0.3) is 22.2 Å². The molecule has 0 unspecified atom stereocenters. The van der Waals surface area contributed by atoms with Crippen LogP contribution < -0.4 is 5.73 Å². The first kappa shape index (κ1) is 11.8. The van der Waals surface area contributed by atoms with Gasteiger partial charge in [0.25, 0.3) is 0 Å². The second-order valence-corrected chi connectivity index (χ2v) is 4.97. The van der Waals surface area contributed by atoms with Crippen molar-refractivity contribution >= 4 is 22.6 Å². The first-order valence-electron chi connectivity index (χ1n) is 6.55. The van der Waals surface area contributed by atoms with Crippen LogP contribution in [-0.4, -0.2) is 16.7 Å². The minimum atomic E-state index is -0.606. The number of nitrogens with two attached hydrogens (primary N) is 1. The van der Waals surface area contributed by atoms with E-state index in [-0.39, 0.29) is 11.3 Å². The Labute approximate surface area is 120 Å². The Morgan fingerprint density at radius 2 is 1.62 bits per heavy atom.